The van der Waals surface area contributed by atoms with Crippen LogP contribution in [0.3, 0.4) is 0 Å². The lowest BCUT2D eigenvalue weighted by Gasteiger charge is -2.22. The van der Waals surface area contributed by atoms with Crippen LogP contribution in [0.2, 0.25) is 0 Å². The van der Waals surface area contributed by atoms with E-state index in [9.17, 15) is 18.0 Å². The van der Waals surface area contributed by atoms with Crippen molar-refractivity contribution in [2.75, 3.05) is 13.2 Å². The fourth-order valence-electron chi connectivity index (χ4n) is 3.27. The molecule has 1 aromatic carbocycles. The third-order valence-electron chi connectivity index (χ3n) is 4.74. The highest BCUT2D eigenvalue weighted by Crippen LogP contribution is 2.35. The Kier molecular flexibility index (Phi) is 7.24. The van der Waals surface area contributed by atoms with Crippen molar-refractivity contribution in [2.45, 2.75) is 59.7 Å². The van der Waals surface area contributed by atoms with E-state index in [1.807, 2.05) is 20.8 Å². The molecule has 0 saturated heterocycles. The number of benzene rings is 1. The maximum atomic E-state index is 13.9. The van der Waals surface area contributed by atoms with Crippen molar-refractivity contribution in [3.05, 3.63) is 58.7 Å². The van der Waals surface area contributed by atoms with Gasteiger partial charge in [0, 0.05) is 23.2 Å². The Morgan fingerprint density at radius 3 is 2.26 bits per heavy atom. The topological polar surface area (TPSA) is 53.4 Å². The molecule has 0 amide bonds. The van der Waals surface area contributed by atoms with Gasteiger partial charge in [0.05, 0.1) is 18.8 Å². The summed E-state index contributed by atoms with van der Waals surface area (Å²) in [7, 11) is 0. The number of esters is 1. The molecule has 0 fully saturated rings. The fourth-order valence-corrected chi connectivity index (χ4v) is 3.27. The molecule has 0 N–H and O–H groups in total. The van der Waals surface area contributed by atoms with E-state index in [4.69, 9.17) is 9.47 Å². The monoisotopic (exact) mass is 438 g/mol. The van der Waals surface area contributed by atoms with Crippen LogP contribution in [0, 0.1) is 6.92 Å². The number of rotatable bonds is 7. The van der Waals surface area contributed by atoms with Crippen LogP contribution >= 0.6 is 0 Å². The van der Waals surface area contributed by atoms with Crippen molar-refractivity contribution >= 4 is 11.7 Å². The average Bonchev–Trinajstić information content (AvgIpc) is 2.98. The molecule has 0 aliphatic heterocycles. The van der Waals surface area contributed by atoms with E-state index in [1.165, 1.54) is 6.07 Å². The van der Waals surface area contributed by atoms with Crippen LogP contribution in [0.1, 0.15) is 73.3 Å². The van der Waals surface area contributed by atoms with Crippen molar-refractivity contribution in [3.8, 4) is 0 Å². The smallest absolute Gasteiger partial charge is 0.416 e. The Morgan fingerprint density at radius 1 is 1.13 bits per heavy atom. The molecule has 2 rings (SSSR count). The number of carbonyl (C=O) groups is 1. The first-order valence-electron chi connectivity index (χ1n) is 10.1. The summed E-state index contributed by atoms with van der Waals surface area (Å²) in [6, 6.07) is 4.01. The minimum absolute atomic E-state index is 0.0574. The van der Waals surface area contributed by atoms with E-state index >= 15 is 0 Å². The zero-order chi connectivity index (χ0) is 23.6. The van der Waals surface area contributed by atoms with E-state index in [2.05, 4.69) is 11.6 Å². The Bertz CT molecular complexity index is 970. The Hall–Kier alpha value is -2.77. The van der Waals surface area contributed by atoms with Gasteiger partial charge in [-0.05, 0) is 32.4 Å². The van der Waals surface area contributed by atoms with Crippen LogP contribution in [0.4, 0.5) is 13.2 Å². The van der Waals surface area contributed by atoms with Gasteiger partial charge in [0.15, 0.2) is 5.69 Å². The molecule has 5 nitrogen and oxygen atoms in total. The lowest BCUT2D eigenvalue weighted by atomic mass is 9.95. The minimum Gasteiger partial charge on any atom is -0.494 e. The van der Waals surface area contributed by atoms with Crippen molar-refractivity contribution in [1.82, 2.24) is 9.55 Å². The molecule has 0 aliphatic rings. The number of carbonyl (C=O) groups excluding carboxylic acids is 1. The summed E-state index contributed by atoms with van der Waals surface area (Å²) in [5, 5.41) is 0. The molecule has 1 heterocycles. The van der Waals surface area contributed by atoms with E-state index in [0.29, 0.717) is 18.1 Å². The number of nitrogens with zero attached hydrogens (tertiary/aromatic N) is 2. The summed E-state index contributed by atoms with van der Waals surface area (Å²) < 4.78 is 53.6. The second-order valence-corrected chi connectivity index (χ2v) is 8.15. The molecule has 0 saturated carbocycles. The van der Waals surface area contributed by atoms with Crippen LogP contribution in [0.5, 0.6) is 0 Å². The van der Waals surface area contributed by atoms with E-state index in [-0.39, 0.29) is 35.7 Å². The molecular weight excluding hydrogens is 409 g/mol. The summed E-state index contributed by atoms with van der Waals surface area (Å²) >= 11 is 0. The molecule has 0 atom stereocenters. The van der Waals surface area contributed by atoms with Gasteiger partial charge in [-0.1, -0.05) is 39.5 Å². The van der Waals surface area contributed by atoms with Crippen molar-refractivity contribution in [3.63, 3.8) is 0 Å². The number of ether oxygens (including phenoxy) is 2. The quantitative estimate of drug-likeness (QED) is 0.409. The molecule has 0 aliphatic carbocycles. The van der Waals surface area contributed by atoms with Crippen LogP contribution < -0.4 is 0 Å². The van der Waals surface area contributed by atoms with Gasteiger partial charge in [-0.15, -0.1) is 0 Å². The molecule has 0 bridgehead atoms. The standard InChI is InChI=1S/C23H29F3N2O3/c1-8-30-15(4)16-10-11-17(18(12-16)23(24,25)26)13-28-14(3)19(20(29)31-9-2)27-21(28)22(5,6)7/h10-12H,4,8-9,13H2,1-3,5-7H3. The van der Waals surface area contributed by atoms with Crippen LogP contribution in [0.15, 0.2) is 24.8 Å². The predicted molar refractivity (Wildman–Crippen MR) is 113 cm³/mol. The number of alkyl halides is 3. The second kappa shape index (κ2) is 9.16. The van der Waals surface area contributed by atoms with Gasteiger partial charge in [0.1, 0.15) is 11.6 Å². The first-order valence-corrected chi connectivity index (χ1v) is 10.1. The highest BCUT2D eigenvalue weighted by molar-refractivity contribution is 5.88. The molecule has 31 heavy (non-hydrogen) atoms. The van der Waals surface area contributed by atoms with E-state index in [0.717, 1.165) is 6.07 Å². The molecule has 1 aromatic heterocycles. The molecule has 0 unspecified atom stereocenters. The Balaban J connectivity index is 2.62. The van der Waals surface area contributed by atoms with Gasteiger partial charge in [0.25, 0.3) is 0 Å². The maximum Gasteiger partial charge on any atom is 0.416 e. The Morgan fingerprint density at radius 2 is 1.74 bits per heavy atom. The maximum absolute atomic E-state index is 13.9. The first-order chi connectivity index (χ1) is 14.3. The van der Waals surface area contributed by atoms with Crippen LogP contribution in [-0.2, 0) is 27.6 Å². The molecule has 170 valence electrons. The lowest BCUT2D eigenvalue weighted by Crippen LogP contribution is -2.21. The predicted octanol–water partition coefficient (Wildman–Crippen LogP) is 5.74. The fraction of sp³-hybridized carbons (Fsp3) is 0.478. The van der Waals surface area contributed by atoms with E-state index in [1.54, 1.807) is 31.4 Å². The average molecular weight is 438 g/mol. The zero-order valence-corrected chi connectivity index (χ0v) is 18.8. The van der Waals surface area contributed by atoms with Crippen molar-refractivity contribution < 1.29 is 27.4 Å². The van der Waals surface area contributed by atoms with Crippen molar-refractivity contribution in [1.29, 1.82) is 0 Å². The van der Waals surface area contributed by atoms with Crippen LogP contribution in [-0.4, -0.2) is 28.7 Å². The van der Waals surface area contributed by atoms with Gasteiger partial charge >= 0.3 is 12.1 Å². The Labute approximate surface area is 180 Å². The van der Waals surface area contributed by atoms with Gasteiger partial charge in [-0.2, -0.15) is 13.2 Å². The SMILES string of the molecule is C=C(OCC)c1ccc(Cn2c(C(C)(C)C)nc(C(=O)OCC)c2C)c(C(F)(F)F)c1. The molecule has 0 spiro atoms. The largest absolute Gasteiger partial charge is 0.494 e. The molecular formula is C23H29F3N2O3. The lowest BCUT2D eigenvalue weighted by molar-refractivity contribution is -0.138. The van der Waals surface area contributed by atoms with Gasteiger partial charge in [-0.25, -0.2) is 9.78 Å². The highest BCUT2D eigenvalue weighted by atomic mass is 19.4. The highest BCUT2D eigenvalue weighted by Gasteiger charge is 2.35. The van der Waals surface area contributed by atoms with E-state index < -0.39 is 23.1 Å². The van der Waals surface area contributed by atoms with Gasteiger partial charge < -0.3 is 14.0 Å². The van der Waals surface area contributed by atoms with Gasteiger partial charge in [0.2, 0.25) is 0 Å². The molecule has 8 heteroatoms. The van der Waals surface area contributed by atoms with Crippen molar-refractivity contribution in [2.24, 2.45) is 0 Å². The summed E-state index contributed by atoms with van der Waals surface area (Å²) in [5.74, 6) is 0.0889. The zero-order valence-electron chi connectivity index (χ0n) is 18.8. The molecule has 2 aromatic rings. The summed E-state index contributed by atoms with van der Waals surface area (Å²) in [4.78, 5) is 16.7. The number of hydrogen-bond donors (Lipinski definition) is 0. The number of hydrogen-bond acceptors (Lipinski definition) is 4. The van der Waals surface area contributed by atoms with Gasteiger partial charge in [-0.3, -0.25) is 0 Å². The third-order valence-corrected chi connectivity index (χ3v) is 4.74. The normalized spacial score (nSPS) is 12.0. The summed E-state index contributed by atoms with van der Waals surface area (Å²) in [5.41, 5.74) is -0.389. The minimum atomic E-state index is -4.57. The second-order valence-electron chi connectivity index (χ2n) is 8.15. The number of imidazole rings is 1. The third kappa shape index (κ3) is 5.48. The first kappa shape index (κ1) is 24.5. The summed E-state index contributed by atoms with van der Waals surface area (Å²) in [6.07, 6.45) is -4.57. The summed E-state index contributed by atoms with van der Waals surface area (Å²) in [6.45, 7) is 14.8. The number of halogens is 3. The van der Waals surface area contributed by atoms with Crippen LogP contribution in [0.25, 0.3) is 5.76 Å². The number of aromatic nitrogens is 2. The molecule has 0 radical (unpaired) electrons.